The number of hydrogen-bond acceptors (Lipinski definition) is 6. The van der Waals surface area contributed by atoms with Crippen LogP contribution in [0.25, 0.3) is 11.3 Å². The topological polar surface area (TPSA) is 74.1 Å². The van der Waals surface area contributed by atoms with Gasteiger partial charge >= 0.3 is 0 Å². The molecule has 1 saturated heterocycles. The number of aromatic nitrogens is 1. The third kappa shape index (κ3) is 3.91. The minimum Gasteiger partial charge on any atom is -0.348 e. The molecule has 7 heteroatoms. The summed E-state index contributed by atoms with van der Waals surface area (Å²) in [5.41, 5.74) is 3.47. The molecule has 0 amide bonds. The van der Waals surface area contributed by atoms with Crippen molar-refractivity contribution >= 4 is 26.3 Å². The summed E-state index contributed by atoms with van der Waals surface area (Å²) in [6.07, 6.45) is 1.06. The van der Waals surface area contributed by atoms with Gasteiger partial charge < -0.3 is 4.90 Å². The number of thiazole rings is 1. The number of aryl methyl sites for hydroxylation is 1. The molecule has 0 spiro atoms. The Balaban J connectivity index is 1.47. The lowest BCUT2D eigenvalue weighted by Gasteiger charge is -2.31. The van der Waals surface area contributed by atoms with E-state index in [0.29, 0.717) is 25.9 Å². The van der Waals surface area contributed by atoms with Gasteiger partial charge in [-0.1, -0.05) is 42.0 Å². The van der Waals surface area contributed by atoms with Gasteiger partial charge in [-0.2, -0.15) is 5.26 Å². The summed E-state index contributed by atoms with van der Waals surface area (Å²) >= 11 is 1.59. The van der Waals surface area contributed by atoms with Gasteiger partial charge in [-0.3, -0.25) is 0 Å². The zero-order valence-electron chi connectivity index (χ0n) is 16.1. The van der Waals surface area contributed by atoms with E-state index in [-0.39, 0.29) is 10.5 Å². The Bertz CT molecular complexity index is 1150. The van der Waals surface area contributed by atoms with Gasteiger partial charge in [0, 0.05) is 24.0 Å². The number of rotatable bonds is 4. The van der Waals surface area contributed by atoms with Crippen molar-refractivity contribution in [3.05, 3.63) is 65.0 Å². The minimum atomic E-state index is -3.52. The van der Waals surface area contributed by atoms with E-state index in [1.807, 2.05) is 11.4 Å². The van der Waals surface area contributed by atoms with E-state index in [1.165, 1.54) is 11.6 Å². The van der Waals surface area contributed by atoms with E-state index < -0.39 is 15.1 Å². The predicted octanol–water partition coefficient (Wildman–Crippen LogP) is 4.43. The summed E-state index contributed by atoms with van der Waals surface area (Å²) in [6.45, 7) is 3.34. The Labute approximate surface area is 175 Å². The molecule has 2 aromatic carbocycles. The summed E-state index contributed by atoms with van der Waals surface area (Å²) in [7, 11) is -3.52. The molecule has 2 heterocycles. The molecule has 0 radical (unpaired) electrons. The van der Waals surface area contributed by atoms with E-state index in [9.17, 15) is 13.7 Å². The maximum atomic E-state index is 13.0. The molecule has 0 N–H and O–H groups in total. The number of benzene rings is 2. The lowest BCUT2D eigenvalue weighted by molar-refractivity contribution is 0.529. The van der Waals surface area contributed by atoms with E-state index in [4.69, 9.17) is 4.98 Å². The van der Waals surface area contributed by atoms with Crippen LogP contribution in [0.15, 0.2) is 58.8 Å². The monoisotopic (exact) mass is 423 g/mol. The first kappa shape index (κ1) is 19.6. The summed E-state index contributed by atoms with van der Waals surface area (Å²) < 4.78 is 26.1. The van der Waals surface area contributed by atoms with Gasteiger partial charge in [0.05, 0.1) is 21.4 Å². The van der Waals surface area contributed by atoms with Crippen LogP contribution in [0.4, 0.5) is 5.13 Å². The summed E-state index contributed by atoms with van der Waals surface area (Å²) in [5, 5.41) is 11.8. The van der Waals surface area contributed by atoms with Crippen LogP contribution in [0.5, 0.6) is 0 Å². The average molecular weight is 424 g/mol. The highest BCUT2D eigenvalue weighted by molar-refractivity contribution is 7.92. The Kier molecular flexibility index (Phi) is 5.39. The molecule has 148 valence electrons. The fourth-order valence-corrected chi connectivity index (χ4v) is 6.38. The van der Waals surface area contributed by atoms with Gasteiger partial charge in [0.15, 0.2) is 15.0 Å². The molecular formula is C22H21N3O2S2. The molecule has 1 fully saturated rings. The quantitative estimate of drug-likeness (QED) is 0.620. The molecule has 0 atom stereocenters. The van der Waals surface area contributed by atoms with Gasteiger partial charge in [-0.25, -0.2) is 13.4 Å². The SMILES string of the molecule is Cc1ccc(-c2csc(N3CCC(S(=O)(=O)c4ccccc4C#N)CC3)n2)cc1. The summed E-state index contributed by atoms with van der Waals surface area (Å²) in [5.74, 6) is 0. The maximum absolute atomic E-state index is 13.0. The van der Waals surface area contributed by atoms with Crippen LogP contribution in [0.1, 0.15) is 24.0 Å². The molecule has 1 aromatic heterocycles. The second kappa shape index (κ2) is 7.97. The minimum absolute atomic E-state index is 0.150. The lowest BCUT2D eigenvalue weighted by Crippen LogP contribution is -2.39. The molecule has 3 aromatic rings. The Morgan fingerprint density at radius 3 is 2.48 bits per heavy atom. The van der Waals surface area contributed by atoms with Crippen molar-refractivity contribution in [1.29, 1.82) is 5.26 Å². The van der Waals surface area contributed by atoms with Crippen molar-refractivity contribution in [3.63, 3.8) is 0 Å². The van der Waals surface area contributed by atoms with Gasteiger partial charge in [0.2, 0.25) is 0 Å². The lowest BCUT2D eigenvalue weighted by atomic mass is 10.1. The Morgan fingerprint density at radius 1 is 1.10 bits per heavy atom. The van der Waals surface area contributed by atoms with E-state index in [2.05, 4.69) is 36.1 Å². The molecule has 0 bridgehead atoms. The highest BCUT2D eigenvalue weighted by Crippen LogP contribution is 2.32. The van der Waals surface area contributed by atoms with Crippen LogP contribution < -0.4 is 4.90 Å². The number of nitrogens with zero attached hydrogens (tertiary/aromatic N) is 3. The number of sulfone groups is 1. The van der Waals surface area contributed by atoms with E-state index >= 15 is 0 Å². The Morgan fingerprint density at radius 2 is 1.79 bits per heavy atom. The van der Waals surface area contributed by atoms with Crippen molar-refractivity contribution in [3.8, 4) is 17.3 Å². The third-order valence-corrected chi connectivity index (χ3v) is 8.52. The third-order valence-electron chi connectivity index (χ3n) is 5.30. The van der Waals surface area contributed by atoms with Crippen LogP contribution in [0.3, 0.4) is 0 Å². The first-order chi connectivity index (χ1) is 14.0. The zero-order chi connectivity index (χ0) is 20.4. The van der Waals surface area contributed by atoms with Crippen LogP contribution in [-0.2, 0) is 9.84 Å². The Hall–Kier alpha value is -2.69. The highest BCUT2D eigenvalue weighted by Gasteiger charge is 2.33. The van der Waals surface area contributed by atoms with Crippen LogP contribution >= 0.6 is 11.3 Å². The predicted molar refractivity (Wildman–Crippen MR) is 116 cm³/mol. The molecule has 0 aliphatic carbocycles. The average Bonchev–Trinajstić information content (AvgIpc) is 3.24. The molecule has 1 aliphatic rings. The smallest absolute Gasteiger partial charge is 0.185 e. The van der Waals surface area contributed by atoms with Crippen LogP contribution in [0.2, 0.25) is 0 Å². The van der Waals surface area contributed by atoms with Crippen LogP contribution in [-0.4, -0.2) is 31.7 Å². The number of hydrogen-bond donors (Lipinski definition) is 0. The molecule has 29 heavy (non-hydrogen) atoms. The number of anilines is 1. The standard InChI is InChI=1S/C22H21N3O2S2/c1-16-6-8-17(9-7-16)20-15-28-22(24-20)25-12-10-19(11-13-25)29(26,27)21-5-3-2-4-18(21)14-23/h2-9,15,19H,10-13H2,1H3. The van der Waals surface area contributed by atoms with Crippen molar-refractivity contribution in [2.45, 2.75) is 29.9 Å². The highest BCUT2D eigenvalue weighted by atomic mass is 32.2. The van der Waals surface area contributed by atoms with Crippen LogP contribution in [0, 0.1) is 18.3 Å². The fourth-order valence-electron chi connectivity index (χ4n) is 3.61. The first-order valence-electron chi connectivity index (χ1n) is 9.49. The zero-order valence-corrected chi connectivity index (χ0v) is 17.7. The number of piperidine rings is 1. The normalized spacial score (nSPS) is 15.2. The van der Waals surface area contributed by atoms with Gasteiger partial charge in [0.25, 0.3) is 0 Å². The van der Waals surface area contributed by atoms with Crippen molar-refractivity contribution in [2.24, 2.45) is 0 Å². The summed E-state index contributed by atoms with van der Waals surface area (Å²) in [6, 6.07) is 16.7. The maximum Gasteiger partial charge on any atom is 0.185 e. The first-order valence-corrected chi connectivity index (χ1v) is 11.9. The molecule has 4 rings (SSSR count). The van der Waals surface area contributed by atoms with Crippen molar-refractivity contribution in [2.75, 3.05) is 18.0 Å². The summed E-state index contributed by atoms with van der Waals surface area (Å²) in [4.78, 5) is 7.07. The van der Waals surface area contributed by atoms with Crippen molar-refractivity contribution in [1.82, 2.24) is 4.98 Å². The number of nitriles is 1. The molecule has 5 nitrogen and oxygen atoms in total. The van der Waals surface area contributed by atoms with E-state index in [0.717, 1.165) is 16.4 Å². The second-order valence-electron chi connectivity index (χ2n) is 7.22. The largest absolute Gasteiger partial charge is 0.348 e. The van der Waals surface area contributed by atoms with Crippen molar-refractivity contribution < 1.29 is 8.42 Å². The second-order valence-corrected chi connectivity index (χ2v) is 10.3. The molecule has 0 unspecified atom stereocenters. The molecule has 0 saturated carbocycles. The van der Waals surface area contributed by atoms with E-state index in [1.54, 1.807) is 29.5 Å². The van der Waals surface area contributed by atoms with Gasteiger partial charge in [-0.05, 0) is 31.9 Å². The fraction of sp³-hybridized carbons (Fsp3) is 0.273. The molecule has 1 aliphatic heterocycles. The van der Waals surface area contributed by atoms with Gasteiger partial charge in [-0.15, -0.1) is 11.3 Å². The van der Waals surface area contributed by atoms with Gasteiger partial charge in [0.1, 0.15) is 6.07 Å². The molecular weight excluding hydrogens is 402 g/mol.